The molecule has 128 valence electrons. The van der Waals surface area contributed by atoms with Crippen LogP contribution in [0.5, 0.6) is 0 Å². The zero-order valence-electron chi connectivity index (χ0n) is 13.2. The van der Waals surface area contributed by atoms with Crippen molar-refractivity contribution in [2.75, 3.05) is 24.6 Å². The molecule has 1 aliphatic rings. The predicted octanol–water partition coefficient (Wildman–Crippen LogP) is 3.52. The second-order valence-corrected chi connectivity index (χ2v) is 8.35. The van der Waals surface area contributed by atoms with Crippen molar-refractivity contribution in [3.8, 4) is 11.1 Å². The minimum atomic E-state index is -2.87. The molecule has 0 saturated carbocycles. The Kier molecular flexibility index (Phi) is 4.96. The summed E-state index contributed by atoms with van der Waals surface area (Å²) in [5.74, 6) is 0.420. The molecule has 0 aliphatic carbocycles. The molecule has 6 heteroatoms. The minimum Gasteiger partial charge on any atom is -0.297 e. The predicted molar refractivity (Wildman–Crippen MR) is 90.8 cm³/mol. The van der Waals surface area contributed by atoms with E-state index in [0.717, 1.165) is 16.7 Å². The lowest BCUT2D eigenvalue weighted by molar-refractivity contribution is 0.151. The van der Waals surface area contributed by atoms with Crippen molar-refractivity contribution in [3.05, 3.63) is 59.7 Å². The Hall–Kier alpha value is -1.79. The molecule has 0 aromatic heterocycles. The van der Waals surface area contributed by atoms with E-state index in [-0.39, 0.29) is 17.1 Å². The molecule has 0 N–H and O–H groups in total. The lowest BCUT2D eigenvalue weighted by Crippen LogP contribution is -2.39. The summed E-state index contributed by atoms with van der Waals surface area (Å²) in [6, 6.07) is 14.2. The molecule has 3 nitrogen and oxygen atoms in total. The fraction of sp³-hybridized carbons (Fsp3) is 0.333. The number of hydrogen-bond acceptors (Lipinski definition) is 3. The van der Waals surface area contributed by atoms with E-state index in [1.54, 1.807) is 12.1 Å². The van der Waals surface area contributed by atoms with E-state index in [1.165, 1.54) is 12.1 Å². The molecule has 3 rings (SSSR count). The molecule has 1 saturated heterocycles. The number of rotatable bonds is 4. The molecule has 24 heavy (non-hydrogen) atoms. The van der Waals surface area contributed by atoms with Crippen LogP contribution in [0.25, 0.3) is 11.1 Å². The Morgan fingerprint density at radius 1 is 0.958 bits per heavy atom. The summed E-state index contributed by atoms with van der Waals surface area (Å²) in [5, 5.41) is 0. The SMILES string of the molecule is O=S1(=O)CCN(Cc2cccc(-c3ccc(C(F)F)cc3)c2)CC1. The van der Waals surface area contributed by atoms with Crippen LogP contribution in [-0.2, 0) is 16.4 Å². The molecule has 2 aromatic carbocycles. The Labute approximate surface area is 140 Å². The van der Waals surface area contributed by atoms with Crippen molar-refractivity contribution >= 4 is 9.84 Å². The molecule has 0 spiro atoms. The smallest absolute Gasteiger partial charge is 0.263 e. The van der Waals surface area contributed by atoms with Gasteiger partial charge < -0.3 is 0 Å². The molecular weight excluding hydrogens is 332 g/mol. The largest absolute Gasteiger partial charge is 0.297 e. The van der Waals surface area contributed by atoms with Crippen LogP contribution in [0.15, 0.2) is 48.5 Å². The highest BCUT2D eigenvalue weighted by atomic mass is 32.2. The normalized spacial score (nSPS) is 18.0. The first-order valence-corrected chi connectivity index (χ1v) is 9.65. The van der Waals surface area contributed by atoms with Gasteiger partial charge in [0.1, 0.15) is 0 Å². The molecule has 1 aliphatic heterocycles. The van der Waals surface area contributed by atoms with E-state index in [9.17, 15) is 17.2 Å². The Morgan fingerprint density at radius 3 is 2.25 bits per heavy atom. The highest BCUT2D eigenvalue weighted by Gasteiger charge is 2.21. The third-order valence-electron chi connectivity index (χ3n) is 4.27. The van der Waals surface area contributed by atoms with Crippen LogP contribution in [0.4, 0.5) is 8.78 Å². The van der Waals surface area contributed by atoms with Crippen LogP contribution >= 0.6 is 0 Å². The van der Waals surface area contributed by atoms with Gasteiger partial charge in [0.2, 0.25) is 0 Å². The zero-order valence-corrected chi connectivity index (χ0v) is 14.0. The molecule has 0 amide bonds. The van der Waals surface area contributed by atoms with Crippen molar-refractivity contribution in [3.63, 3.8) is 0 Å². The summed E-state index contributed by atoms with van der Waals surface area (Å²) < 4.78 is 48.2. The summed E-state index contributed by atoms with van der Waals surface area (Å²) in [7, 11) is -2.87. The van der Waals surface area contributed by atoms with Gasteiger partial charge in [-0.25, -0.2) is 17.2 Å². The molecule has 0 radical (unpaired) electrons. The Bertz CT molecular complexity index is 790. The molecule has 2 aromatic rings. The second-order valence-electron chi connectivity index (χ2n) is 6.05. The summed E-state index contributed by atoms with van der Waals surface area (Å²) in [6.45, 7) is 1.80. The quantitative estimate of drug-likeness (QED) is 0.846. The van der Waals surface area contributed by atoms with Gasteiger partial charge in [-0.05, 0) is 22.8 Å². The summed E-state index contributed by atoms with van der Waals surface area (Å²) in [6.07, 6.45) is -2.46. The van der Waals surface area contributed by atoms with E-state index in [1.807, 2.05) is 24.3 Å². The molecule has 0 unspecified atom stereocenters. The molecule has 0 bridgehead atoms. The van der Waals surface area contributed by atoms with E-state index < -0.39 is 16.3 Å². The van der Waals surface area contributed by atoms with Gasteiger partial charge in [0.15, 0.2) is 9.84 Å². The van der Waals surface area contributed by atoms with Crippen molar-refractivity contribution < 1.29 is 17.2 Å². The first-order chi connectivity index (χ1) is 11.4. The average molecular weight is 351 g/mol. The topological polar surface area (TPSA) is 37.4 Å². The number of hydrogen-bond donors (Lipinski definition) is 0. The summed E-state index contributed by atoms with van der Waals surface area (Å²) in [4.78, 5) is 2.13. The van der Waals surface area contributed by atoms with Crippen LogP contribution in [0.2, 0.25) is 0 Å². The Morgan fingerprint density at radius 2 is 1.62 bits per heavy atom. The first-order valence-electron chi connectivity index (χ1n) is 7.83. The lowest BCUT2D eigenvalue weighted by atomic mass is 10.0. The highest BCUT2D eigenvalue weighted by molar-refractivity contribution is 7.91. The third kappa shape index (κ3) is 4.19. The maximum Gasteiger partial charge on any atom is 0.263 e. The molecule has 1 heterocycles. The Balaban J connectivity index is 1.72. The van der Waals surface area contributed by atoms with Gasteiger partial charge in [-0.3, -0.25) is 4.90 Å². The second kappa shape index (κ2) is 6.99. The van der Waals surface area contributed by atoms with E-state index >= 15 is 0 Å². The number of nitrogens with zero attached hydrogens (tertiary/aromatic N) is 1. The van der Waals surface area contributed by atoms with Gasteiger partial charge in [-0.2, -0.15) is 0 Å². The maximum absolute atomic E-state index is 12.6. The van der Waals surface area contributed by atoms with Crippen LogP contribution < -0.4 is 0 Å². The van der Waals surface area contributed by atoms with Crippen molar-refractivity contribution in [1.82, 2.24) is 4.90 Å². The lowest BCUT2D eigenvalue weighted by Gasteiger charge is -2.26. The fourth-order valence-electron chi connectivity index (χ4n) is 2.84. The minimum absolute atomic E-state index is 0.0180. The fourth-order valence-corrected chi connectivity index (χ4v) is 4.11. The van der Waals surface area contributed by atoms with Gasteiger partial charge in [0, 0.05) is 25.2 Å². The number of alkyl halides is 2. The van der Waals surface area contributed by atoms with Crippen LogP contribution in [0.1, 0.15) is 17.6 Å². The van der Waals surface area contributed by atoms with Gasteiger partial charge >= 0.3 is 0 Å². The van der Waals surface area contributed by atoms with E-state index in [4.69, 9.17) is 0 Å². The van der Waals surface area contributed by atoms with Crippen LogP contribution in [0, 0.1) is 0 Å². The van der Waals surface area contributed by atoms with Crippen molar-refractivity contribution in [2.45, 2.75) is 13.0 Å². The molecule has 0 atom stereocenters. The summed E-state index contributed by atoms with van der Waals surface area (Å²) >= 11 is 0. The van der Waals surface area contributed by atoms with Gasteiger partial charge in [0.05, 0.1) is 11.5 Å². The molecular formula is C18H19F2NO2S. The van der Waals surface area contributed by atoms with Gasteiger partial charge in [-0.15, -0.1) is 0 Å². The standard InChI is InChI=1S/C18H19F2NO2S/c19-18(20)16-6-4-15(5-7-16)17-3-1-2-14(12-17)13-21-8-10-24(22,23)11-9-21/h1-7,12,18H,8-11,13H2. The molecule has 1 fully saturated rings. The average Bonchev–Trinajstić information content (AvgIpc) is 2.57. The summed E-state index contributed by atoms with van der Waals surface area (Å²) in [5.41, 5.74) is 2.97. The van der Waals surface area contributed by atoms with E-state index in [2.05, 4.69) is 4.90 Å². The van der Waals surface area contributed by atoms with Crippen LogP contribution in [-0.4, -0.2) is 37.9 Å². The number of halogens is 2. The van der Waals surface area contributed by atoms with E-state index in [0.29, 0.717) is 19.6 Å². The first kappa shape index (κ1) is 17.0. The number of sulfone groups is 1. The zero-order chi connectivity index (χ0) is 17.2. The highest BCUT2D eigenvalue weighted by Crippen LogP contribution is 2.25. The van der Waals surface area contributed by atoms with Crippen molar-refractivity contribution in [2.24, 2.45) is 0 Å². The maximum atomic E-state index is 12.6. The monoisotopic (exact) mass is 351 g/mol. The van der Waals surface area contributed by atoms with Gasteiger partial charge in [-0.1, -0.05) is 42.5 Å². The van der Waals surface area contributed by atoms with Crippen molar-refractivity contribution in [1.29, 1.82) is 0 Å². The van der Waals surface area contributed by atoms with Gasteiger partial charge in [0.25, 0.3) is 6.43 Å². The number of benzene rings is 2. The van der Waals surface area contributed by atoms with Crippen LogP contribution in [0.3, 0.4) is 0 Å². The third-order valence-corrected chi connectivity index (χ3v) is 5.88.